The SMILES string of the molecule is CCCC(C(=O)NCC1CCCO1)N(Cc1ccccc1OC)C(=O)Cn1nnc2ccccc21. The van der Waals surface area contributed by atoms with E-state index in [1.807, 2.05) is 55.5 Å². The van der Waals surface area contributed by atoms with E-state index in [4.69, 9.17) is 9.47 Å². The predicted octanol–water partition coefficient (Wildman–Crippen LogP) is 2.93. The normalized spacial score (nSPS) is 16.2. The fraction of sp³-hybridized carbons (Fsp3) is 0.462. The fourth-order valence-corrected chi connectivity index (χ4v) is 4.48. The van der Waals surface area contributed by atoms with Crippen LogP contribution in [0.3, 0.4) is 0 Å². The Labute approximate surface area is 205 Å². The third-order valence-electron chi connectivity index (χ3n) is 6.33. The number of para-hydroxylation sites is 2. The molecular formula is C26H33N5O4. The first-order valence-corrected chi connectivity index (χ1v) is 12.2. The number of carbonyl (C=O) groups is 2. The molecule has 3 aromatic rings. The van der Waals surface area contributed by atoms with Crippen molar-refractivity contribution in [3.8, 4) is 5.75 Å². The highest BCUT2D eigenvalue weighted by Crippen LogP contribution is 2.23. The van der Waals surface area contributed by atoms with Crippen LogP contribution in [0.25, 0.3) is 11.0 Å². The van der Waals surface area contributed by atoms with Crippen molar-refractivity contribution < 1.29 is 19.1 Å². The smallest absolute Gasteiger partial charge is 0.245 e. The molecule has 0 aliphatic carbocycles. The van der Waals surface area contributed by atoms with Crippen molar-refractivity contribution in [2.75, 3.05) is 20.3 Å². The Balaban J connectivity index is 1.60. The second-order valence-corrected chi connectivity index (χ2v) is 8.75. The number of aromatic nitrogens is 3. The number of benzene rings is 2. The van der Waals surface area contributed by atoms with Crippen LogP contribution >= 0.6 is 0 Å². The summed E-state index contributed by atoms with van der Waals surface area (Å²) in [4.78, 5) is 28.7. The van der Waals surface area contributed by atoms with Gasteiger partial charge in [-0.2, -0.15) is 0 Å². The molecule has 2 aromatic carbocycles. The molecule has 4 rings (SSSR count). The maximum Gasteiger partial charge on any atom is 0.245 e. The topological polar surface area (TPSA) is 98.6 Å². The molecule has 186 valence electrons. The number of methoxy groups -OCH3 is 1. The Morgan fingerprint density at radius 2 is 2.03 bits per heavy atom. The Hall–Kier alpha value is -3.46. The van der Waals surface area contributed by atoms with E-state index < -0.39 is 6.04 Å². The summed E-state index contributed by atoms with van der Waals surface area (Å²) in [5.74, 6) is 0.290. The van der Waals surface area contributed by atoms with Crippen molar-refractivity contribution in [1.82, 2.24) is 25.2 Å². The summed E-state index contributed by atoms with van der Waals surface area (Å²) in [5, 5.41) is 11.4. The van der Waals surface area contributed by atoms with E-state index in [0.29, 0.717) is 18.7 Å². The molecular weight excluding hydrogens is 446 g/mol. The van der Waals surface area contributed by atoms with E-state index in [0.717, 1.165) is 42.5 Å². The van der Waals surface area contributed by atoms with Crippen molar-refractivity contribution in [2.24, 2.45) is 0 Å². The molecule has 0 spiro atoms. The van der Waals surface area contributed by atoms with Crippen LogP contribution in [0.1, 0.15) is 38.2 Å². The standard InChI is InChI=1S/C26H33N5O4/c1-3-9-23(26(33)27-16-20-11-8-15-35-20)30(17-19-10-4-7-14-24(19)34-2)25(32)18-31-22-13-6-5-12-21(22)28-29-31/h4-7,10,12-14,20,23H,3,8-9,11,15-18H2,1-2H3,(H,27,33). The average molecular weight is 480 g/mol. The van der Waals surface area contributed by atoms with Crippen molar-refractivity contribution in [3.05, 3.63) is 54.1 Å². The highest BCUT2D eigenvalue weighted by molar-refractivity contribution is 5.88. The number of hydrogen-bond acceptors (Lipinski definition) is 6. The minimum absolute atomic E-state index is 0.0190. The second-order valence-electron chi connectivity index (χ2n) is 8.75. The highest BCUT2D eigenvalue weighted by Gasteiger charge is 2.31. The van der Waals surface area contributed by atoms with Gasteiger partial charge in [-0.1, -0.05) is 48.9 Å². The van der Waals surface area contributed by atoms with E-state index in [2.05, 4.69) is 15.6 Å². The Morgan fingerprint density at radius 1 is 1.23 bits per heavy atom. The molecule has 1 aromatic heterocycles. The van der Waals surface area contributed by atoms with Crippen LogP contribution in [0.4, 0.5) is 0 Å². The van der Waals surface area contributed by atoms with Gasteiger partial charge in [0.25, 0.3) is 0 Å². The maximum atomic E-state index is 13.7. The molecule has 1 aliphatic heterocycles. The lowest BCUT2D eigenvalue weighted by molar-refractivity contribution is -0.142. The maximum absolute atomic E-state index is 13.7. The molecule has 9 heteroatoms. The van der Waals surface area contributed by atoms with Gasteiger partial charge < -0.3 is 19.7 Å². The molecule has 2 amide bonds. The number of ether oxygens (including phenoxy) is 2. The van der Waals surface area contributed by atoms with Crippen LogP contribution in [0.5, 0.6) is 5.75 Å². The summed E-state index contributed by atoms with van der Waals surface area (Å²) in [6.45, 7) is 3.41. The second kappa shape index (κ2) is 11.8. The molecule has 0 bridgehead atoms. The number of hydrogen-bond donors (Lipinski definition) is 1. The largest absolute Gasteiger partial charge is 0.496 e. The van der Waals surface area contributed by atoms with E-state index in [-0.39, 0.29) is 31.0 Å². The van der Waals surface area contributed by atoms with Crippen LogP contribution in [0, 0.1) is 0 Å². The van der Waals surface area contributed by atoms with Gasteiger partial charge in [-0.15, -0.1) is 5.10 Å². The third kappa shape index (κ3) is 5.97. The number of carbonyl (C=O) groups excluding carboxylic acids is 2. The first kappa shape index (κ1) is 24.7. The summed E-state index contributed by atoms with van der Waals surface area (Å²) < 4.78 is 12.8. The lowest BCUT2D eigenvalue weighted by Crippen LogP contribution is -2.51. The van der Waals surface area contributed by atoms with Crippen molar-refractivity contribution >= 4 is 22.8 Å². The minimum atomic E-state index is -0.631. The zero-order valence-electron chi connectivity index (χ0n) is 20.4. The Kier molecular flexibility index (Phi) is 8.31. The fourth-order valence-electron chi connectivity index (χ4n) is 4.48. The molecule has 0 saturated carbocycles. The van der Waals surface area contributed by atoms with E-state index in [1.54, 1.807) is 16.7 Å². The van der Waals surface area contributed by atoms with Gasteiger partial charge in [0.15, 0.2) is 0 Å². The Morgan fingerprint density at radius 3 is 2.80 bits per heavy atom. The number of amides is 2. The average Bonchev–Trinajstić information content (AvgIpc) is 3.55. The lowest BCUT2D eigenvalue weighted by Gasteiger charge is -2.32. The van der Waals surface area contributed by atoms with Gasteiger partial charge in [-0.05, 0) is 37.5 Å². The molecule has 2 atom stereocenters. The zero-order chi connectivity index (χ0) is 24.6. The molecule has 0 radical (unpaired) electrons. The van der Waals surface area contributed by atoms with Crippen LogP contribution in [0.2, 0.25) is 0 Å². The Bertz CT molecular complexity index is 1140. The summed E-state index contributed by atoms with van der Waals surface area (Å²) in [5.41, 5.74) is 2.32. The third-order valence-corrected chi connectivity index (χ3v) is 6.33. The summed E-state index contributed by atoms with van der Waals surface area (Å²) >= 11 is 0. The number of rotatable bonds is 11. The zero-order valence-corrected chi connectivity index (χ0v) is 20.4. The van der Waals surface area contributed by atoms with Gasteiger partial charge in [0.1, 0.15) is 23.9 Å². The molecule has 1 saturated heterocycles. The summed E-state index contributed by atoms with van der Waals surface area (Å²) in [6.07, 6.45) is 3.25. The summed E-state index contributed by atoms with van der Waals surface area (Å²) in [7, 11) is 1.60. The monoisotopic (exact) mass is 479 g/mol. The van der Waals surface area contributed by atoms with Gasteiger partial charge in [0.05, 0.1) is 25.3 Å². The molecule has 1 fully saturated rings. The van der Waals surface area contributed by atoms with Gasteiger partial charge in [0.2, 0.25) is 11.8 Å². The number of fused-ring (bicyclic) bond motifs is 1. The quantitative estimate of drug-likeness (QED) is 0.454. The first-order chi connectivity index (χ1) is 17.1. The van der Waals surface area contributed by atoms with Crippen LogP contribution < -0.4 is 10.1 Å². The molecule has 2 unspecified atom stereocenters. The van der Waals surface area contributed by atoms with Crippen LogP contribution in [-0.4, -0.2) is 64.1 Å². The molecule has 2 heterocycles. The number of nitrogens with one attached hydrogen (secondary N) is 1. The summed E-state index contributed by atoms with van der Waals surface area (Å²) in [6, 6.07) is 14.4. The number of nitrogens with zero attached hydrogens (tertiary/aromatic N) is 4. The van der Waals surface area contributed by atoms with Crippen molar-refractivity contribution in [2.45, 2.75) is 57.8 Å². The molecule has 9 nitrogen and oxygen atoms in total. The minimum Gasteiger partial charge on any atom is -0.496 e. The van der Waals surface area contributed by atoms with Gasteiger partial charge in [-0.25, -0.2) is 4.68 Å². The van der Waals surface area contributed by atoms with E-state index in [1.165, 1.54) is 0 Å². The predicted molar refractivity (Wildman–Crippen MR) is 132 cm³/mol. The van der Waals surface area contributed by atoms with E-state index in [9.17, 15) is 9.59 Å². The van der Waals surface area contributed by atoms with Crippen LogP contribution in [-0.2, 0) is 27.4 Å². The van der Waals surface area contributed by atoms with Crippen LogP contribution in [0.15, 0.2) is 48.5 Å². The van der Waals surface area contributed by atoms with Crippen molar-refractivity contribution in [3.63, 3.8) is 0 Å². The van der Waals surface area contributed by atoms with E-state index >= 15 is 0 Å². The molecule has 35 heavy (non-hydrogen) atoms. The van der Waals surface area contributed by atoms with Gasteiger partial charge in [0, 0.05) is 18.7 Å². The molecule has 1 N–H and O–H groups in total. The molecule has 1 aliphatic rings. The van der Waals surface area contributed by atoms with Crippen molar-refractivity contribution in [1.29, 1.82) is 0 Å². The first-order valence-electron chi connectivity index (χ1n) is 12.2. The van der Waals surface area contributed by atoms with Gasteiger partial charge >= 0.3 is 0 Å². The van der Waals surface area contributed by atoms with Gasteiger partial charge in [-0.3, -0.25) is 9.59 Å². The lowest BCUT2D eigenvalue weighted by atomic mass is 10.1. The highest BCUT2D eigenvalue weighted by atomic mass is 16.5.